The maximum absolute atomic E-state index is 12.4. The van der Waals surface area contributed by atoms with Crippen LogP contribution in [0.1, 0.15) is 5.56 Å². The lowest BCUT2D eigenvalue weighted by Crippen LogP contribution is -2.22. The number of aromatic nitrogens is 1. The van der Waals surface area contributed by atoms with Crippen molar-refractivity contribution in [3.8, 4) is 5.75 Å². The third kappa shape index (κ3) is 2.75. The number of rotatable bonds is 1. The predicted octanol–water partition coefficient (Wildman–Crippen LogP) is 1.40. The summed E-state index contributed by atoms with van der Waals surface area (Å²) in [6.45, 7) is 0. The number of alkyl halides is 3. The van der Waals surface area contributed by atoms with Crippen LogP contribution in [0, 0.1) is 0 Å². The number of nitrogens with two attached hydrogens (primary N) is 1. The van der Waals surface area contributed by atoms with Gasteiger partial charge < -0.3 is 15.8 Å². The van der Waals surface area contributed by atoms with Crippen LogP contribution in [0.5, 0.6) is 5.75 Å². The van der Waals surface area contributed by atoms with Gasteiger partial charge in [-0.2, -0.15) is 13.2 Å². The van der Waals surface area contributed by atoms with E-state index in [0.717, 1.165) is 6.20 Å². The van der Waals surface area contributed by atoms with Gasteiger partial charge in [0.1, 0.15) is 11.4 Å². The molecule has 0 radical (unpaired) electrons. The third-order valence-corrected chi connectivity index (χ3v) is 1.61. The molecule has 1 aromatic heterocycles. The summed E-state index contributed by atoms with van der Waals surface area (Å²) in [6.07, 6.45) is -4.60. The molecular weight excluding hydrogens is 227 g/mol. The molecule has 0 aliphatic heterocycles. The Bertz CT molecular complexity index is 406. The zero-order chi connectivity index (χ0) is 12.3. The highest BCUT2D eigenvalue weighted by Gasteiger charge is 2.34. The number of hydrogen-bond acceptors (Lipinski definition) is 4. The molecule has 0 atom stereocenters. The number of halogens is 3. The lowest BCUT2D eigenvalue weighted by Gasteiger charge is -2.10. The van der Waals surface area contributed by atoms with Crippen molar-refractivity contribution in [2.24, 2.45) is 0 Å². The monoisotopic (exact) mass is 235 g/mol. The van der Waals surface area contributed by atoms with E-state index in [4.69, 9.17) is 5.73 Å². The SMILES string of the molecule is CNC(=O)Oc1cnc(N)c(C(F)(F)F)c1. The summed E-state index contributed by atoms with van der Waals surface area (Å²) in [6, 6.07) is 0.609. The van der Waals surface area contributed by atoms with Gasteiger partial charge in [0, 0.05) is 7.05 Å². The number of amides is 1. The van der Waals surface area contributed by atoms with Gasteiger partial charge in [0.2, 0.25) is 0 Å². The van der Waals surface area contributed by atoms with E-state index in [0.29, 0.717) is 6.07 Å². The number of hydrogen-bond donors (Lipinski definition) is 2. The fraction of sp³-hybridized carbons (Fsp3) is 0.250. The van der Waals surface area contributed by atoms with Crippen LogP contribution in [-0.2, 0) is 6.18 Å². The van der Waals surface area contributed by atoms with Gasteiger partial charge in [0.25, 0.3) is 0 Å². The molecule has 0 saturated carbocycles. The van der Waals surface area contributed by atoms with Crippen LogP contribution < -0.4 is 15.8 Å². The second-order valence-electron chi connectivity index (χ2n) is 2.74. The molecule has 0 bridgehead atoms. The van der Waals surface area contributed by atoms with E-state index < -0.39 is 23.7 Å². The molecule has 0 spiro atoms. The maximum Gasteiger partial charge on any atom is 0.420 e. The Morgan fingerprint density at radius 3 is 2.69 bits per heavy atom. The number of carbonyl (C=O) groups is 1. The first kappa shape index (κ1) is 12.1. The zero-order valence-electron chi connectivity index (χ0n) is 8.13. The van der Waals surface area contributed by atoms with E-state index in [9.17, 15) is 18.0 Å². The van der Waals surface area contributed by atoms with Gasteiger partial charge in [-0.15, -0.1) is 0 Å². The molecule has 88 valence electrons. The minimum absolute atomic E-state index is 0.333. The standard InChI is InChI=1S/C8H8F3N3O2/c1-13-7(15)16-4-2-5(8(9,10)11)6(12)14-3-4/h2-3H,1H3,(H2,12,14)(H,13,15). The zero-order valence-corrected chi connectivity index (χ0v) is 8.13. The lowest BCUT2D eigenvalue weighted by atomic mass is 10.2. The first-order valence-corrected chi connectivity index (χ1v) is 4.07. The van der Waals surface area contributed by atoms with Gasteiger partial charge in [-0.25, -0.2) is 9.78 Å². The van der Waals surface area contributed by atoms with Crippen LogP contribution >= 0.6 is 0 Å². The summed E-state index contributed by atoms with van der Waals surface area (Å²) in [5, 5.41) is 2.08. The highest BCUT2D eigenvalue weighted by Crippen LogP contribution is 2.34. The molecule has 8 heteroatoms. The van der Waals surface area contributed by atoms with Gasteiger partial charge in [-0.05, 0) is 6.07 Å². The van der Waals surface area contributed by atoms with Crippen molar-refractivity contribution < 1.29 is 22.7 Å². The highest BCUT2D eigenvalue weighted by atomic mass is 19.4. The Balaban J connectivity index is 3.03. The number of nitrogens with zero attached hydrogens (tertiary/aromatic N) is 1. The smallest absolute Gasteiger partial charge is 0.409 e. The summed E-state index contributed by atoms with van der Waals surface area (Å²) in [4.78, 5) is 14.0. The van der Waals surface area contributed by atoms with E-state index in [-0.39, 0.29) is 5.75 Å². The molecule has 16 heavy (non-hydrogen) atoms. The van der Waals surface area contributed by atoms with Gasteiger partial charge in [0.05, 0.1) is 6.20 Å². The molecule has 0 saturated heterocycles. The fourth-order valence-corrected chi connectivity index (χ4v) is 0.897. The summed E-state index contributed by atoms with van der Waals surface area (Å²) < 4.78 is 41.6. The molecule has 0 aliphatic carbocycles. The Hall–Kier alpha value is -1.99. The quantitative estimate of drug-likeness (QED) is 0.771. The second kappa shape index (κ2) is 4.25. The van der Waals surface area contributed by atoms with E-state index in [1.165, 1.54) is 7.05 Å². The van der Waals surface area contributed by atoms with Crippen LogP contribution in [0.2, 0.25) is 0 Å². The molecular formula is C8H8F3N3O2. The summed E-state index contributed by atoms with van der Waals surface area (Å²) in [5.74, 6) is -1.00. The molecule has 5 nitrogen and oxygen atoms in total. The number of pyridine rings is 1. The van der Waals surface area contributed by atoms with E-state index in [1.807, 2.05) is 0 Å². The Kier molecular flexibility index (Phi) is 3.21. The fourth-order valence-electron chi connectivity index (χ4n) is 0.897. The van der Waals surface area contributed by atoms with Crippen molar-refractivity contribution in [2.45, 2.75) is 6.18 Å². The van der Waals surface area contributed by atoms with Crippen molar-refractivity contribution in [3.05, 3.63) is 17.8 Å². The van der Waals surface area contributed by atoms with Crippen LogP contribution in [0.4, 0.5) is 23.8 Å². The van der Waals surface area contributed by atoms with Gasteiger partial charge in [0.15, 0.2) is 5.75 Å². The third-order valence-electron chi connectivity index (χ3n) is 1.61. The first-order valence-electron chi connectivity index (χ1n) is 4.07. The number of nitrogens with one attached hydrogen (secondary N) is 1. The van der Waals surface area contributed by atoms with Crippen LogP contribution in [0.3, 0.4) is 0 Å². The molecule has 0 aliphatic rings. The van der Waals surface area contributed by atoms with Gasteiger partial charge in [-0.3, -0.25) is 0 Å². The molecule has 3 N–H and O–H groups in total. The predicted molar refractivity (Wildman–Crippen MR) is 48.7 cm³/mol. The minimum Gasteiger partial charge on any atom is -0.409 e. The molecule has 0 aromatic carbocycles. The average Bonchev–Trinajstić information content (AvgIpc) is 2.19. The van der Waals surface area contributed by atoms with Crippen molar-refractivity contribution in [3.63, 3.8) is 0 Å². The maximum atomic E-state index is 12.4. The normalized spacial score (nSPS) is 11.0. The van der Waals surface area contributed by atoms with Gasteiger partial charge >= 0.3 is 12.3 Å². The molecule has 0 fully saturated rings. The molecule has 1 rings (SSSR count). The summed E-state index contributed by atoms with van der Waals surface area (Å²) >= 11 is 0. The van der Waals surface area contributed by atoms with E-state index in [2.05, 4.69) is 15.0 Å². The number of ether oxygens (including phenoxy) is 1. The van der Waals surface area contributed by atoms with Gasteiger partial charge in [-0.1, -0.05) is 0 Å². The number of nitrogen functional groups attached to an aromatic ring is 1. The van der Waals surface area contributed by atoms with Crippen LogP contribution in [-0.4, -0.2) is 18.1 Å². The molecule has 1 heterocycles. The lowest BCUT2D eigenvalue weighted by molar-refractivity contribution is -0.137. The van der Waals surface area contributed by atoms with Crippen molar-refractivity contribution in [1.29, 1.82) is 0 Å². The summed E-state index contributed by atoms with van der Waals surface area (Å²) in [7, 11) is 1.28. The molecule has 0 unspecified atom stereocenters. The Morgan fingerprint density at radius 1 is 1.56 bits per heavy atom. The summed E-state index contributed by atoms with van der Waals surface area (Å²) in [5.41, 5.74) is 3.91. The Morgan fingerprint density at radius 2 is 2.19 bits per heavy atom. The molecule has 1 amide bonds. The van der Waals surface area contributed by atoms with Crippen LogP contribution in [0.25, 0.3) is 0 Å². The Labute approximate surface area is 88.4 Å². The van der Waals surface area contributed by atoms with E-state index in [1.54, 1.807) is 0 Å². The van der Waals surface area contributed by atoms with E-state index >= 15 is 0 Å². The molecule has 1 aromatic rings. The number of anilines is 1. The topological polar surface area (TPSA) is 77.2 Å². The first-order chi connectivity index (χ1) is 7.34. The largest absolute Gasteiger partial charge is 0.420 e. The van der Waals surface area contributed by atoms with Crippen molar-refractivity contribution >= 4 is 11.9 Å². The second-order valence-corrected chi connectivity index (χ2v) is 2.74. The highest BCUT2D eigenvalue weighted by molar-refractivity contribution is 5.70. The van der Waals surface area contributed by atoms with Crippen molar-refractivity contribution in [1.82, 2.24) is 10.3 Å². The number of carbonyl (C=O) groups excluding carboxylic acids is 1. The van der Waals surface area contributed by atoms with Crippen molar-refractivity contribution in [2.75, 3.05) is 12.8 Å². The minimum atomic E-state index is -4.64. The van der Waals surface area contributed by atoms with Crippen LogP contribution in [0.15, 0.2) is 12.3 Å². The average molecular weight is 235 g/mol.